The van der Waals surface area contributed by atoms with Gasteiger partial charge < -0.3 is 10.6 Å². The standard InChI is InChI=1S/C14H18FN3/c1-9(2)10-5-11(15)12(18-6-10)14(16)7-13(3,8-14)17-4/h5-6,9H,7-8,16H2,1-3H3. The summed E-state index contributed by atoms with van der Waals surface area (Å²) in [5, 5.41) is 0. The number of nitrogens with two attached hydrogens (primary N) is 1. The molecule has 0 bridgehead atoms. The first kappa shape index (κ1) is 13.0. The molecule has 0 spiro atoms. The molecule has 18 heavy (non-hydrogen) atoms. The second-order valence-electron chi connectivity index (χ2n) is 5.87. The molecule has 1 aromatic heterocycles. The van der Waals surface area contributed by atoms with Gasteiger partial charge >= 0.3 is 0 Å². The highest BCUT2D eigenvalue weighted by Gasteiger charge is 2.57. The van der Waals surface area contributed by atoms with E-state index < -0.39 is 11.1 Å². The minimum Gasteiger partial charge on any atom is -0.320 e. The lowest BCUT2D eigenvalue weighted by molar-refractivity contribution is 0.148. The average molecular weight is 247 g/mol. The van der Waals surface area contributed by atoms with Crippen LogP contribution in [0, 0.1) is 12.4 Å². The smallest absolute Gasteiger partial charge is 0.234 e. The van der Waals surface area contributed by atoms with Gasteiger partial charge in [0.15, 0.2) is 0 Å². The van der Waals surface area contributed by atoms with Crippen LogP contribution in [-0.2, 0) is 5.54 Å². The molecule has 0 radical (unpaired) electrons. The van der Waals surface area contributed by atoms with Gasteiger partial charge in [-0.2, -0.15) is 0 Å². The quantitative estimate of drug-likeness (QED) is 0.816. The Morgan fingerprint density at radius 1 is 1.50 bits per heavy atom. The summed E-state index contributed by atoms with van der Waals surface area (Å²) in [6.45, 7) is 12.9. The van der Waals surface area contributed by atoms with Crippen molar-refractivity contribution < 1.29 is 4.39 Å². The summed E-state index contributed by atoms with van der Waals surface area (Å²) >= 11 is 0. The molecule has 0 amide bonds. The fourth-order valence-corrected chi connectivity index (χ4v) is 2.69. The number of aromatic nitrogens is 1. The Kier molecular flexibility index (Phi) is 2.90. The van der Waals surface area contributed by atoms with Gasteiger partial charge in [-0.05, 0) is 17.5 Å². The molecule has 1 fully saturated rings. The Balaban J connectivity index is 2.29. The number of pyridine rings is 1. The van der Waals surface area contributed by atoms with Crippen molar-refractivity contribution in [2.45, 2.75) is 50.6 Å². The van der Waals surface area contributed by atoms with Crippen molar-refractivity contribution in [3.63, 3.8) is 0 Å². The van der Waals surface area contributed by atoms with E-state index in [9.17, 15) is 4.39 Å². The third kappa shape index (κ3) is 1.99. The predicted octanol–water partition coefficient (Wildman–Crippen LogP) is 2.97. The summed E-state index contributed by atoms with van der Waals surface area (Å²) in [5.41, 5.74) is 6.09. The zero-order valence-electron chi connectivity index (χ0n) is 11.0. The summed E-state index contributed by atoms with van der Waals surface area (Å²) in [4.78, 5) is 7.73. The molecular weight excluding hydrogens is 229 g/mol. The highest BCUT2D eigenvalue weighted by molar-refractivity contribution is 5.30. The zero-order chi connectivity index (χ0) is 13.6. The summed E-state index contributed by atoms with van der Waals surface area (Å²) in [7, 11) is 0. The zero-order valence-corrected chi connectivity index (χ0v) is 11.0. The Morgan fingerprint density at radius 3 is 2.56 bits per heavy atom. The van der Waals surface area contributed by atoms with Crippen molar-refractivity contribution >= 4 is 0 Å². The van der Waals surface area contributed by atoms with Crippen molar-refractivity contribution in [1.29, 1.82) is 0 Å². The molecule has 1 saturated carbocycles. The van der Waals surface area contributed by atoms with Gasteiger partial charge in [0, 0.05) is 26.0 Å². The first-order valence-corrected chi connectivity index (χ1v) is 6.13. The molecule has 2 N–H and O–H groups in total. The fourth-order valence-electron chi connectivity index (χ4n) is 2.69. The molecule has 0 aliphatic heterocycles. The van der Waals surface area contributed by atoms with Crippen LogP contribution in [0.5, 0.6) is 0 Å². The van der Waals surface area contributed by atoms with Gasteiger partial charge in [0.1, 0.15) is 5.82 Å². The molecule has 0 atom stereocenters. The Labute approximate surface area is 107 Å². The molecule has 1 heterocycles. The van der Waals surface area contributed by atoms with Gasteiger partial charge in [0.2, 0.25) is 5.54 Å². The maximum atomic E-state index is 14.1. The van der Waals surface area contributed by atoms with Crippen molar-refractivity contribution in [3.05, 3.63) is 40.8 Å². The lowest BCUT2D eigenvalue weighted by Crippen LogP contribution is -2.57. The molecule has 1 aliphatic rings. The second kappa shape index (κ2) is 4.03. The van der Waals surface area contributed by atoms with Crippen LogP contribution in [0.15, 0.2) is 12.3 Å². The predicted molar refractivity (Wildman–Crippen MR) is 68.4 cm³/mol. The molecule has 4 heteroatoms. The molecule has 0 unspecified atom stereocenters. The summed E-state index contributed by atoms with van der Waals surface area (Å²) in [6, 6.07) is 1.51. The first-order valence-electron chi connectivity index (χ1n) is 6.13. The van der Waals surface area contributed by atoms with Crippen LogP contribution in [0.3, 0.4) is 0 Å². The largest absolute Gasteiger partial charge is 0.320 e. The van der Waals surface area contributed by atoms with E-state index in [0.717, 1.165) is 5.56 Å². The third-order valence-electron chi connectivity index (χ3n) is 3.66. The third-order valence-corrected chi connectivity index (χ3v) is 3.66. The van der Waals surface area contributed by atoms with E-state index in [1.165, 1.54) is 6.07 Å². The summed E-state index contributed by atoms with van der Waals surface area (Å²) < 4.78 is 14.1. The van der Waals surface area contributed by atoms with Crippen LogP contribution in [-0.4, -0.2) is 10.5 Å². The molecule has 3 nitrogen and oxygen atoms in total. The average Bonchev–Trinajstić information content (AvgIpc) is 2.26. The topological polar surface area (TPSA) is 43.3 Å². The Hall–Kier alpha value is -1.47. The molecule has 1 aromatic rings. The van der Waals surface area contributed by atoms with E-state index in [0.29, 0.717) is 18.5 Å². The number of hydrogen-bond acceptors (Lipinski definition) is 2. The molecule has 0 saturated heterocycles. The van der Waals surface area contributed by atoms with E-state index in [1.54, 1.807) is 6.20 Å². The van der Waals surface area contributed by atoms with Crippen LogP contribution in [0.4, 0.5) is 4.39 Å². The van der Waals surface area contributed by atoms with E-state index in [1.807, 2.05) is 20.8 Å². The molecular formula is C14H18FN3. The van der Waals surface area contributed by atoms with E-state index >= 15 is 0 Å². The SMILES string of the molecule is [C-]#[N+]C1(C)CC(N)(c2ncc(C(C)C)cc2F)C1. The normalized spacial score (nSPS) is 30.9. The van der Waals surface area contributed by atoms with E-state index in [-0.39, 0.29) is 11.7 Å². The van der Waals surface area contributed by atoms with Crippen LogP contribution in [0.1, 0.15) is 50.8 Å². The minimum absolute atomic E-state index is 0.240. The van der Waals surface area contributed by atoms with Crippen LogP contribution in [0.2, 0.25) is 0 Å². The van der Waals surface area contributed by atoms with Gasteiger partial charge in [-0.1, -0.05) is 13.8 Å². The molecule has 96 valence electrons. The summed E-state index contributed by atoms with van der Waals surface area (Å²) in [5.74, 6) is -0.111. The highest BCUT2D eigenvalue weighted by atomic mass is 19.1. The van der Waals surface area contributed by atoms with Crippen LogP contribution >= 0.6 is 0 Å². The van der Waals surface area contributed by atoms with Gasteiger partial charge in [0.05, 0.1) is 11.2 Å². The monoisotopic (exact) mass is 247 g/mol. The van der Waals surface area contributed by atoms with E-state index in [2.05, 4.69) is 9.83 Å². The van der Waals surface area contributed by atoms with Crippen molar-refractivity contribution in [1.82, 2.24) is 4.98 Å². The van der Waals surface area contributed by atoms with Crippen molar-refractivity contribution in [2.24, 2.45) is 5.73 Å². The van der Waals surface area contributed by atoms with Crippen LogP contribution < -0.4 is 5.73 Å². The lowest BCUT2D eigenvalue weighted by atomic mass is 9.63. The second-order valence-corrected chi connectivity index (χ2v) is 5.87. The number of nitrogens with zero attached hydrogens (tertiary/aromatic N) is 2. The number of hydrogen-bond donors (Lipinski definition) is 1. The number of rotatable bonds is 2. The molecule has 0 aromatic carbocycles. The van der Waals surface area contributed by atoms with Crippen molar-refractivity contribution in [3.8, 4) is 0 Å². The Morgan fingerprint density at radius 2 is 2.11 bits per heavy atom. The van der Waals surface area contributed by atoms with Gasteiger partial charge in [-0.25, -0.2) is 11.0 Å². The summed E-state index contributed by atoms with van der Waals surface area (Å²) in [6.07, 6.45) is 2.62. The highest BCUT2D eigenvalue weighted by Crippen LogP contribution is 2.48. The Bertz CT molecular complexity index is 510. The van der Waals surface area contributed by atoms with Crippen LogP contribution in [0.25, 0.3) is 4.85 Å². The molecule has 1 aliphatic carbocycles. The minimum atomic E-state index is -0.779. The number of halogens is 1. The van der Waals surface area contributed by atoms with E-state index in [4.69, 9.17) is 12.3 Å². The molecule has 2 rings (SSSR count). The lowest BCUT2D eigenvalue weighted by Gasteiger charge is -2.44. The maximum absolute atomic E-state index is 14.1. The maximum Gasteiger partial charge on any atom is 0.234 e. The van der Waals surface area contributed by atoms with Gasteiger partial charge in [0.25, 0.3) is 0 Å². The first-order chi connectivity index (χ1) is 8.30. The van der Waals surface area contributed by atoms with Crippen molar-refractivity contribution in [2.75, 3.05) is 0 Å². The van der Waals surface area contributed by atoms with Gasteiger partial charge in [-0.15, -0.1) is 0 Å². The fraction of sp³-hybridized carbons (Fsp3) is 0.571. The van der Waals surface area contributed by atoms with Gasteiger partial charge in [-0.3, -0.25) is 4.98 Å².